The number of aliphatic hydroxyl groups excluding tert-OH is 1. The van der Waals surface area contributed by atoms with Crippen molar-refractivity contribution in [2.45, 2.75) is 52.2 Å². The van der Waals surface area contributed by atoms with Crippen LogP contribution < -0.4 is 5.32 Å². The molecule has 158 valence electrons. The van der Waals surface area contributed by atoms with Crippen LogP contribution in [0.1, 0.15) is 40.4 Å². The Morgan fingerprint density at radius 2 is 1.93 bits per heavy atom. The van der Waals surface area contributed by atoms with Crippen LogP contribution >= 0.6 is 0 Å². The van der Waals surface area contributed by atoms with E-state index < -0.39 is 17.6 Å². The van der Waals surface area contributed by atoms with Gasteiger partial charge in [0.15, 0.2) is 0 Å². The van der Waals surface area contributed by atoms with Gasteiger partial charge >= 0.3 is 0 Å². The van der Waals surface area contributed by atoms with Crippen LogP contribution in [-0.4, -0.2) is 50.4 Å². The van der Waals surface area contributed by atoms with Crippen LogP contribution in [0, 0.1) is 23.6 Å². The smallest absolute Gasteiger partial charge is 0.224 e. The number of hydrogen-bond acceptors (Lipinski definition) is 5. The number of aromatic nitrogens is 2. The highest BCUT2D eigenvalue weighted by Crippen LogP contribution is 2.52. The average Bonchev–Trinajstić information content (AvgIpc) is 2.93. The topological polar surface area (TPSA) is 79.1 Å². The Kier molecular flexibility index (Phi) is 4.72. The van der Waals surface area contributed by atoms with Crippen molar-refractivity contribution in [3.63, 3.8) is 0 Å². The van der Waals surface area contributed by atoms with E-state index in [-0.39, 0.29) is 29.5 Å². The van der Waals surface area contributed by atoms with Gasteiger partial charge in [-0.25, -0.2) is 9.37 Å². The summed E-state index contributed by atoms with van der Waals surface area (Å²) in [5.41, 5.74) is -0.405. The molecule has 1 aliphatic heterocycles. The van der Waals surface area contributed by atoms with Crippen LogP contribution in [0.2, 0.25) is 0 Å². The van der Waals surface area contributed by atoms with Crippen molar-refractivity contribution < 1.29 is 19.0 Å². The lowest BCUT2D eigenvalue weighted by atomic mass is 10.0. The number of hydrogen-bond donors (Lipinski definition) is 2. The summed E-state index contributed by atoms with van der Waals surface area (Å²) in [4.78, 5) is 19.2. The summed E-state index contributed by atoms with van der Waals surface area (Å²) >= 11 is 0. The van der Waals surface area contributed by atoms with Gasteiger partial charge in [-0.1, -0.05) is 0 Å². The number of rotatable bonds is 5. The minimum Gasteiger partial charge on any atom is -0.356 e. The third-order valence-corrected chi connectivity index (χ3v) is 5.78. The van der Waals surface area contributed by atoms with Gasteiger partial charge in [0.25, 0.3) is 0 Å². The lowest BCUT2D eigenvalue weighted by Gasteiger charge is -2.31. The summed E-state index contributed by atoms with van der Waals surface area (Å²) in [6.45, 7) is 10.7. The summed E-state index contributed by atoms with van der Waals surface area (Å²) in [6, 6.07) is 3.05. The van der Waals surface area contributed by atoms with Crippen LogP contribution in [0.15, 0.2) is 24.5 Å². The molecule has 2 N–H and O–H groups in total. The SMILES string of the molecule is CC(C)(C)OC(O)N1C[C@@H]2[C@H](C1)[C@H]2C(=O)NC(C)(C)c1ncc2ccc(F)cn12. The van der Waals surface area contributed by atoms with Crippen molar-refractivity contribution in [1.29, 1.82) is 0 Å². The molecule has 3 heterocycles. The lowest BCUT2D eigenvalue weighted by Crippen LogP contribution is -2.46. The zero-order chi connectivity index (χ0) is 21.1. The van der Waals surface area contributed by atoms with E-state index in [1.54, 1.807) is 16.7 Å². The molecule has 1 unspecified atom stereocenters. The largest absolute Gasteiger partial charge is 0.356 e. The van der Waals surface area contributed by atoms with E-state index in [1.807, 2.05) is 39.5 Å². The average molecular weight is 404 g/mol. The first-order valence-electron chi connectivity index (χ1n) is 10.0. The number of carbonyl (C=O) groups excluding carboxylic acids is 1. The molecule has 8 heteroatoms. The van der Waals surface area contributed by atoms with Crippen molar-refractivity contribution in [3.05, 3.63) is 36.2 Å². The molecule has 1 saturated carbocycles. The molecule has 4 atom stereocenters. The highest BCUT2D eigenvalue weighted by atomic mass is 19.1. The minimum absolute atomic E-state index is 0.0240. The van der Waals surface area contributed by atoms with Gasteiger partial charge in [0, 0.05) is 25.2 Å². The zero-order valence-electron chi connectivity index (χ0n) is 17.5. The van der Waals surface area contributed by atoms with Gasteiger partial charge in [0.2, 0.25) is 12.3 Å². The number of pyridine rings is 1. The number of amides is 1. The van der Waals surface area contributed by atoms with Gasteiger partial charge < -0.3 is 15.2 Å². The van der Waals surface area contributed by atoms with Gasteiger partial charge in [-0.15, -0.1) is 0 Å². The number of imidazole rings is 1. The van der Waals surface area contributed by atoms with Crippen molar-refractivity contribution in [1.82, 2.24) is 19.6 Å². The van der Waals surface area contributed by atoms with Crippen LogP contribution in [0.5, 0.6) is 0 Å². The maximum absolute atomic E-state index is 13.7. The molecule has 29 heavy (non-hydrogen) atoms. The Bertz CT molecular complexity index is 924. The molecule has 0 aromatic carbocycles. The van der Waals surface area contributed by atoms with Crippen molar-refractivity contribution >= 4 is 11.4 Å². The van der Waals surface area contributed by atoms with Gasteiger partial charge in [-0.3, -0.25) is 14.1 Å². The van der Waals surface area contributed by atoms with Crippen LogP contribution in [-0.2, 0) is 15.1 Å². The first-order valence-corrected chi connectivity index (χ1v) is 10.0. The fourth-order valence-corrected chi connectivity index (χ4v) is 4.39. The molecule has 1 saturated heterocycles. The van der Waals surface area contributed by atoms with Crippen molar-refractivity contribution in [3.8, 4) is 0 Å². The predicted molar refractivity (Wildman–Crippen MR) is 105 cm³/mol. The molecular weight excluding hydrogens is 375 g/mol. The number of aliphatic hydroxyl groups is 1. The highest BCUT2D eigenvalue weighted by molar-refractivity contribution is 5.83. The fourth-order valence-electron chi connectivity index (χ4n) is 4.39. The third-order valence-electron chi connectivity index (χ3n) is 5.78. The van der Waals surface area contributed by atoms with Crippen LogP contribution in [0.3, 0.4) is 0 Å². The Morgan fingerprint density at radius 3 is 2.55 bits per heavy atom. The van der Waals surface area contributed by atoms with E-state index in [1.165, 1.54) is 12.3 Å². The molecule has 0 spiro atoms. The standard InChI is InChI=1S/C21H29FN4O3/c1-20(2,3)29-19(28)25-10-14-15(11-25)16(14)17(27)24-21(4,5)18-23-8-13-7-6-12(22)9-26(13)18/h6-9,14-16,19,28H,10-11H2,1-5H3,(H,24,27)/t14-,15+,16+,19?. The van der Waals surface area contributed by atoms with Gasteiger partial charge in [0.05, 0.1) is 22.9 Å². The molecule has 0 bridgehead atoms. The van der Waals surface area contributed by atoms with Gasteiger partial charge in [-0.05, 0) is 58.6 Å². The maximum atomic E-state index is 13.7. The number of ether oxygens (including phenoxy) is 1. The molecule has 2 aromatic rings. The number of fused-ring (bicyclic) bond motifs is 2. The highest BCUT2D eigenvalue weighted by Gasteiger charge is 2.60. The summed E-state index contributed by atoms with van der Waals surface area (Å²) in [7, 11) is 0. The summed E-state index contributed by atoms with van der Waals surface area (Å²) < 4.78 is 20.9. The van der Waals surface area contributed by atoms with E-state index in [0.29, 0.717) is 18.9 Å². The number of likely N-dealkylation sites (tertiary alicyclic amines) is 1. The Hall–Kier alpha value is -2.03. The third kappa shape index (κ3) is 3.89. The molecule has 2 aromatic heterocycles. The number of piperidine rings is 1. The number of nitrogens with zero attached hydrogens (tertiary/aromatic N) is 3. The summed E-state index contributed by atoms with van der Waals surface area (Å²) in [6.07, 6.45) is 2.10. The van der Waals surface area contributed by atoms with E-state index in [2.05, 4.69) is 10.3 Å². The van der Waals surface area contributed by atoms with E-state index in [9.17, 15) is 14.3 Å². The van der Waals surface area contributed by atoms with Gasteiger partial charge in [-0.2, -0.15) is 0 Å². The van der Waals surface area contributed by atoms with E-state index in [4.69, 9.17) is 4.74 Å². The molecule has 0 radical (unpaired) electrons. The first-order chi connectivity index (χ1) is 13.5. The number of halogens is 1. The fraction of sp³-hybridized carbons (Fsp3) is 0.619. The number of nitrogens with one attached hydrogen (secondary N) is 1. The Morgan fingerprint density at radius 1 is 1.28 bits per heavy atom. The second kappa shape index (κ2) is 6.75. The van der Waals surface area contributed by atoms with Crippen LogP contribution in [0.25, 0.3) is 5.52 Å². The molecule has 1 aliphatic carbocycles. The molecule has 2 aliphatic rings. The van der Waals surface area contributed by atoms with E-state index in [0.717, 1.165) is 5.52 Å². The lowest BCUT2D eigenvalue weighted by molar-refractivity contribution is -0.236. The second-order valence-corrected chi connectivity index (χ2v) is 9.70. The molecule has 4 rings (SSSR count). The zero-order valence-corrected chi connectivity index (χ0v) is 17.5. The molecular formula is C21H29FN4O3. The monoisotopic (exact) mass is 404 g/mol. The second-order valence-electron chi connectivity index (χ2n) is 9.70. The Labute approximate surface area is 169 Å². The van der Waals surface area contributed by atoms with Crippen LogP contribution in [0.4, 0.5) is 4.39 Å². The predicted octanol–water partition coefficient (Wildman–Crippen LogP) is 2.09. The minimum atomic E-state index is -0.950. The van der Waals surface area contributed by atoms with E-state index >= 15 is 0 Å². The summed E-state index contributed by atoms with van der Waals surface area (Å²) in [5, 5.41) is 13.3. The Balaban J connectivity index is 1.39. The first kappa shape index (κ1) is 20.3. The molecule has 7 nitrogen and oxygen atoms in total. The normalized spacial score (nSPS) is 25.8. The van der Waals surface area contributed by atoms with Gasteiger partial charge in [0.1, 0.15) is 11.6 Å². The number of carbonyl (C=O) groups is 1. The van der Waals surface area contributed by atoms with Crippen molar-refractivity contribution in [2.24, 2.45) is 17.8 Å². The quantitative estimate of drug-likeness (QED) is 0.746. The van der Waals surface area contributed by atoms with Crippen molar-refractivity contribution in [2.75, 3.05) is 13.1 Å². The molecule has 2 fully saturated rings. The molecule has 1 amide bonds. The summed E-state index contributed by atoms with van der Waals surface area (Å²) in [5.74, 6) is 0.574. The maximum Gasteiger partial charge on any atom is 0.224 e.